The van der Waals surface area contributed by atoms with Gasteiger partial charge in [0.05, 0.1) is 6.20 Å². The minimum absolute atomic E-state index is 0.673. The average molecular weight is 253 g/mol. The number of aryl methyl sites for hydroxylation is 2. The van der Waals surface area contributed by atoms with Crippen LogP contribution in [0.1, 0.15) is 5.82 Å². The first kappa shape index (κ1) is 11.5. The second kappa shape index (κ2) is 4.28. The molecule has 3 aromatic rings. The van der Waals surface area contributed by atoms with Gasteiger partial charge in [-0.1, -0.05) is 12.1 Å². The van der Waals surface area contributed by atoms with Crippen LogP contribution in [0, 0.1) is 6.92 Å². The standard InChI is InChI=1S/C14H15N5/c1-10-16-7-8-19(10)12-5-3-11(4-6-12)13-9-17-18(2)14(13)15/h3-9H,15H2,1-2H3. The fourth-order valence-corrected chi connectivity index (χ4v) is 2.12. The first-order valence-corrected chi connectivity index (χ1v) is 6.05. The van der Waals surface area contributed by atoms with E-state index in [-0.39, 0.29) is 0 Å². The third-order valence-corrected chi connectivity index (χ3v) is 3.27. The van der Waals surface area contributed by atoms with Crippen LogP contribution in [0.25, 0.3) is 16.8 Å². The first-order valence-electron chi connectivity index (χ1n) is 6.05. The molecule has 19 heavy (non-hydrogen) atoms. The molecule has 0 saturated carbocycles. The Balaban J connectivity index is 2.00. The van der Waals surface area contributed by atoms with E-state index in [1.54, 1.807) is 17.1 Å². The highest BCUT2D eigenvalue weighted by atomic mass is 15.3. The van der Waals surface area contributed by atoms with Crippen LogP contribution in [0.2, 0.25) is 0 Å². The number of aromatic nitrogens is 4. The van der Waals surface area contributed by atoms with E-state index in [1.165, 1.54) is 0 Å². The molecule has 0 bridgehead atoms. The Labute approximate surface area is 111 Å². The highest BCUT2D eigenvalue weighted by Crippen LogP contribution is 2.26. The van der Waals surface area contributed by atoms with Gasteiger partial charge in [0.25, 0.3) is 0 Å². The molecule has 96 valence electrons. The molecule has 0 saturated heterocycles. The number of nitrogens with zero attached hydrogens (tertiary/aromatic N) is 4. The zero-order valence-corrected chi connectivity index (χ0v) is 10.9. The van der Waals surface area contributed by atoms with Crippen LogP contribution in [0.5, 0.6) is 0 Å². The predicted octanol–water partition coefficient (Wildman–Crippen LogP) is 2.16. The Morgan fingerprint density at radius 1 is 1.16 bits per heavy atom. The van der Waals surface area contributed by atoms with Gasteiger partial charge in [0.2, 0.25) is 0 Å². The van der Waals surface area contributed by atoms with E-state index in [2.05, 4.69) is 22.2 Å². The topological polar surface area (TPSA) is 61.7 Å². The maximum Gasteiger partial charge on any atom is 0.129 e. The van der Waals surface area contributed by atoms with E-state index < -0.39 is 0 Å². The summed E-state index contributed by atoms with van der Waals surface area (Å²) >= 11 is 0. The Morgan fingerprint density at radius 3 is 2.42 bits per heavy atom. The molecule has 0 spiro atoms. The predicted molar refractivity (Wildman–Crippen MR) is 74.9 cm³/mol. The molecular weight excluding hydrogens is 238 g/mol. The van der Waals surface area contributed by atoms with Gasteiger partial charge in [-0.05, 0) is 24.6 Å². The van der Waals surface area contributed by atoms with E-state index in [0.717, 1.165) is 22.6 Å². The van der Waals surface area contributed by atoms with Gasteiger partial charge in [0, 0.05) is 30.7 Å². The zero-order valence-electron chi connectivity index (χ0n) is 10.9. The Bertz CT molecular complexity index is 706. The lowest BCUT2D eigenvalue weighted by atomic mass is 10.1. The highest BCUT2D eigenvalue weighted by Gasteiger charge is 2.07. The van der Waals surface area contributed by atoms with Crippen molar-refractivity contribution in [3.8, 4) is 16.8 Å². The highest BCUT2D eigenvalue weighted by molar-refractivity contribution is 5.74. The monoisotopic (exact) mass is 253 g/mol. The number of anilines is 1. The lowest BCUT2D eigenvalue weighted by Gasteiger charge is -2.06. The minimum atomic E-state index is 0.673. The van der Waals surface area contributed by atoms with Gasteiger partial charge in [0.1, 0.15) is 11.6 Å². The summed E-state index contributed by atoms with van der Waals surface area (Å²) in [6.07, 6.45) is 5.53. The van der Waals surface area contributed by atoms with Gasteiger partial charge in [0.15, 0.2) is 0 Å². The SMILES string of the molecule is Cc1nccn1-c1ccc(-c2cnn(C)c2N)cc1. The van der Waals surface area contributed by atoms with Crippen molar-refractivity contribution in [2.45, 2.75) is 6.92 Å². The molecule has 2 N–H and O–H groups in total. The molecule has 5 heteroatoms. The number of nitrogens with two attached hydrogens (primary N) is 1. The summed E-state index contributed by atoms with van der Waals surface area (Å²) in [5.74, 6) is 1.64. The molecule has 0 atom stereocenters. The van der Waals surface area contributed by atoms with Crippen molar-refractivity contribution in [3.05, 3.63) is 48.7 Å². The molecule has 5 nitrogen and oxygen atoms in total. The van der Waals surface area contributed by atoms with Crippen molar-refractivity contribution in [2.75, 3.05) is 5.73 Å². The maximum absolute atomic E-state index is 5.98. The van der Waals surface area contributed by atoms with Gasteiger partial charge >= 0.3 is 0 Å². The molecule has 1 aromatic carbocycles. The van der Waals surface area contributed by atoms with Gasteiger partial charge in [-0.25, -0.2) is 4.98 Å². The van der Waals surface area contributed by atoms with Crippen molar-refractivity contribution in [2.24, 2.45) is 7.05 Å². The molecule has 0 aliphatic heterocycles. The number of imidazole rings is 1. The van der Waals surface area contributed by atoms with Gasteiger partial charge in [-0.15, -0.1) is 0 Å². The Morgan fingerprint density at radius 2 is 1.89 bits per heavy atom. The van der Waals surface area contributed by atoms with Gasteiger partial charge < -0.3 is 10.3 Å². The minimum Gasteiger partial charge on any atom is -0.383 e. The second-order valence-corrected chi connectivity index (χ2v) is 4.46. The molecule has 2 heterocycles. The van der Waals surface area contributed by atoms with Crippen molar-refractivity contribution in [1.82, 2.24) is 19.3 Å². The Hall–Kier alpha value is -2.56. The summed E-state index contributed by atoms with van der Waals surface area (Å²) in [6.45, 7) is 1.98. The summed E-state index contributed by atoms with van der Waals surface area (Å²) in [6, 6.07) is 8.19. The molecule has 0 radical (unpaired) electrons. The second-order valence-electron chi connectivity index (χ2n) is 4.46. The number of rotatable bonds is 2. The number of benzene rings is 1. The van der Waals surface area contributed by atoms with Crippen LogP contribution in [0.4, 0.5) is 5.82 Å². The Kier molecular flexibility index (Phi) is 2.59. The van der Waals surface area contributed by atoms with Crippen LogP contribution in [-0.2, 0) is 7.05 Å². The van der Waals surface area contributed by atoms with E-state index in [1.807, 2.05) is 36.9 Å². The van der Waals surface area contributed by atoms with Gasteiger partial charge in [-0.3, -0.25) is 4.68 Å². The van der Waals surface area contributed by atoms with Crippen LogP contribution in [0.3, 0.4) is 0 Å². The summed E-state index contributed by atoms with van der Waals surface area (Å²) < 4.78 is 3.71. The van der Waals surface area contributed by atoms with Crippen LogP contribution in [-0.4, -0.2) is 19.3 Å². The molecule has 0 fully saturated rings. The van der Waals surface area contributed by atoms with Crippen LogP contribution in [0.15, 0.2) is 42.9 Å². The van der Waals surface area contributed by atoms with Crippen molar-refractivity contribution in [1.29, 1.82) is 0 Å². The van der Waals surface area contributed by atoms with Crippen molar-refractivity contribution >= 4 is 5.82 Å². The summed E-state index contributed by atoms with van der Waals surface area (Å²) in [7, 11) is 1.84. The molecule has 0 aliphatic rings. The third kappa shape index (κ3) is 1.89. The molecule has 3 rings (SSSR count). The molecule has 0 aliphatic carbocycles. The van der Waals surface area contributed by atoms with Crippen LogP contribution < -0.4 is 5.73 Å². The fourth-order valence-electron chi connectivity index (χ4n) is 2.12. The average Bonchev–Trinajstić information content (AvgIpc) is 2.98. The fraction of sp³-hybridized carbons (Fsp3) is 0.143. The van der Waals surface area contributed by atoms with E-state index in [0.29, 0.717) is 5.82 Å². The summed E-state index contributed by atoms with van der Waals surface area (Å²) in [5, 5.41) is 4.16. The largest absolute Gasteiger partial charge is 0.383 e. The third-order valence-electron chi connectivity index (χ3n) is 3.27. The number of hydrogen-bond donors (Lipinski definition) is 1. The first-order chi connectivity index (χ1) is 9.16. The quantitative estimate of drug-likeness (QED) is 0.761. The number of hydrogen-bond acceptors (Lipinski definition) is 3. The maximum atomic E-state index is 5.98. The van der Waals surface area contributed by atoms with Crippen molar-refractivity contribution in [3.63, 3.8) is 0 Å². The van der Waals surface area contributed by atoms with Gasteiger partial charge in [-0.2, -0.15) is 5.10 Å². The van der Waals surface area contributed by atoms with E-state index >= 15 is 0 Å². The summed E-state index contributed by atoms with van der Waals surface area (Å²) in [5.41, 5.74) is 9.08. The van der Waals surface area contributed by atoms with E-state index in [9.17, 15) is 0 Å². The lowest BCUT2D eigenvalue weighted by molar-refractivity contribution is 0.779. The lowest BCUT2D eigenvalue weighted by Crippen LogP contribution is -1.98. The molecule has 2 aromatic heterocycles. The smallest absolute Gasteiger partial charge is 0.129 e. The molecular formula is C14H15N5. The number of nitrogen functional groups attached to an aromatic ring is 1. The van der Waals surface area contributed by atoms with E-state index in [4.69, 9.17) is 5.73 Å². The zero-order chi connectivity index (χ0) is 13.4. The van der Waals surface area contributed by atoms with Crippen molar-refractivity contribution < 1.29 is 0 Å². The summed E-state index contributed by atoms with van der Waals surface area (Å²) in [4.78, 5) is 4.22. The normalized spacial score (nSPS) is 10.8. The molecule has 0 unspecified atom stereocenters. The molecule has 0 amide bonds. The van der Waals surface area contributed by atoms with Crippen LogP contribution >= 0.6 is 0 Å².